The van der Waals surface area contributed by atoms with Gasteiger partial charge in [0, 0.05) is 28.5 Å². The van der Waals surface area contributed by atoms with Crippen LogP contribution in [0.1, 0.15) is 36.9 Å². The zero-order valence-corrected chi connectivity index (χ0v) is 7.90. The van der Waals surface area contributed by atoms with Gasteiger partial charge in [0.05, 0.1) is 15.7 Å². The smallest absolute Gasteiger partial charge is 0.306 e. The van der Waals surface area contributed by atoms with E-state index < -0.39 is 25.8 Å². The summed E-state index contributed by atoms with van der Waals surface area (Å²) in [6.45, 7) is -6.14. The summed E-state index contributed by atoms with van der Waals surface area (Å²) in [5.41, 5.74) is 0.319. The summed E-state index contributed by atoms with van der Waals surface area (Å²) < 4.78 is 39.2. The fourth-order valence-electron chi connectivity index (χ4n) is 0.996. The predicted molar refractivity (Wildman–Crippen MR) is 54.4 cm³/mol. The molecule has 0 unspecified atom stereocenters. The molecule has 0 saturated carbocycles. The minimum Gasteiger partial charge on any atom is -0.466 e. The van der Waals surface area contributed by atoms with E-state index in [0.29, 0.717) is 5.56 Å². The van der Waals surface area contributed by atoms with E-state index in [1.54, 1.807) is 6.07 Å². The summed E-state index contributed by atoms with van der Waals surface area (Å²) >= 11 is 0. The Bertz CT molecular complexity index is 487. The SMILES string of the molecule is [2H]C([2H])([2H])C([2H])([2H])OC(=O)CCC(=O)c1cccnc1. The number of carbonyl (C=O) groups is 2. The summed E-state index contributed by atoms with van der Waals surface area (Å²) in [5.74, 6) is -1.44. The van der Waals surface area contributed by atoms with Crippen molar-refractivity contribution in [2.24, 2.45) is 0 Å². The minimum atomic E-state index is -3.07. The lowest BCUT2D eigenvalue weighted by molar-refractivity contribution is -0.143. The van der Waals surface area contributed by atoms with Crippen LogP contribution >= 0.6 is 0 Å². The zero-order valence-electron chi connectivity index (χ0n) is 12.9. The van der Waals surface area contributed by atoms with Crippen molar-refractivity contribution in [1.82, 2.24) is 4.98 Å². The number of rotatable bonds is 5. The molecular formula is C11H13NO3. The van der Waals surface area contributed by atoms with Crippen LogP contribution in [0.25, 0.3) is 0 Å². The van der Waals surface area contributed by atoms with Gasteiger partial charge in [0.2, 0.25) is 0 Å². The van der Waals surface area contributed by atoms with Crippen LogP contribution in [-0.2, 0) is 9.53 Å². The molecule has 4 heteroatoms. The first-order chi connectivity index (χ1) is 9.13. The number of pyridine rings is 1. The lowest BCUT2D eigenvalue weighted by Gasteiger charge is -2.01. The van der Waals surface area contributed by atoms with Crippen molar-refractivity contribution < 1.29 is 21.2 Å². The number of ketones is 1. The number of hydrogen-bond donors (Lipinski definition) is 0. The number of carbonyl (C=O) groups excluding carboxylic acids is 2. The van der Waals surface area contributed by atoms with Crippen LogP contribution in [-0.4, -0.2) is 23.3 Å². The van der Waals surface area contributed by atoms with E-state index in [1.807, 2.05) is 0 Å². The van der Waals surface area contributed by atoms with Crippen molar-refractivity contribution in [2.75, 3.05) is 6.56 Å². The second-order valence-electron chi connectivity index (χ2n) is 2.74. The van der Waals surface area contributed by atoms with Crippen molar-refractivity contribution in [1.29, 1.82) is 0 Å². The van der Waals surface area contributed by atoms with Gasteiger partial charge in [-0.2, -0.15) is 0 Å². The van der Waals surface area contributed by atoms with Gasteiger partial charge in [0.15, 0.2) is 5.78 Å². The molecule has 0 bridgehead atoms. The van der Waals surface area contributed by atoms with Crippen molar-refractivity contribution >= 4 is 11.8 Å². The van der Waals surface area contributed by atoms with Gasteiger partial charge in [-0.15, -0.1) is 0 Å². The third-order valence-electron chi connectivity index (χ3n) is 1.70. The second-order valence-corrected chi connectivity index (χ2v) is 2.74. The lowest BCUT2D eigenvalue weighted by atomic mass is 10.1. The summed E-state index contributed by atoms with van der Waals surface area (Å²) in [5, 5.41) is 0. The highest BCUT2D eigenvalue weighted by Crippen LogP contribution is 2.04. The van der Waals surface area contributed by atoms with Gasteiger partial charge >= 0.3 is 5.97 Å². The van der Waals surface area contributed by atoms with E-state index >= 15 is 0 Å². The van der Waals surface area contributed by atoms with E-state index in [0.717, 1.165) is 0 Å². The maximum Gasteiger partial charge on any atom is 0.306 e. The molecule has 15 heavy (non-hydrogen) atoms. The normalized spacial score (nSPS) is 16.4. The number of Topliss-reactive ketones (excluding diaryl/α,β-unsaturated/α-hetero) is 1. The third-order valence-corrected chi connectivity index (χ3v) is 1.70. The fraction of sp³-hybridized carbons (Fsp3) is 0.364. The minimum absolute atomic E-state index is 0.207. The van der Waals surface area contributed by atoms with Crippen LogP contribution in [0.5, 0.6) is 0 Å². The molecule has 0 aliphatic carbocycles. The van der Waals surface area contributed by atoms with Crippen LogP contribution < -0.4 is 0 Å². The first kappa shape index (κ1) is 6.00. The van der Waals surface area contributed by atoms with Gasteiger partial charge in [-0.25, -0.2) is 0 Å². The van der Waals surface area contributed by atoms with Gasteiger partial charge in [0.25, 0.3) is 0 Å². The van der Waals surface area contributed by atoms with E-state index in [-0.39, 0.29) is 12.2 Å². The molecule has 0 atom stereocenters. The van der Waals surface area contributed by atoms with E-state index in [2.05, 4.69) is 9.72 Å². The largest absolute Gasteiger partial charge is 0.466 e. The van der Waals surface area contributed by atoms with E-state index in [9.17, 15) is 9.59 Å². The first-order valence-electron chi connectivity index (χ1n) is 6.78. The molecule has 0 saturated heterocycles. The molecule has 1 aromatic heterocycles. The molecule has 1 heterocycles. The van der Waals surface area contributed by atoms with Crippen LogP contribution in [0, 0.1) is 0 Å². The molecule has 0 N–H and O–H groups in total. The average Bonchev–Trinajstić information content (AvgIpc) is 2.35. The Morgan fingerprint density at radius 3 is 3.13 bits per heavy atom. The molecule has 0 aliphatic rings. The summed E-state index contributed by atoms with van der Waals surface area (Å²) in [6.07, 6.45) is 2.23. The summed E-state index contributed by atoms with van der Waals surface area (Å²) in [4.78, 5) is 26.8. The predicted octanol–water partition coefficient (Wildman–Crippen LogP) is 1.61. The molecule has 0 amide bonds. The summed E-state index contributed by atoms with van der Waals surface area (Å²) in [6, 6.07) is 3.10. The highest BCUT2D eigenvalue weighted by molar-refractivity contribution is 5.97. The van der Waals surface area contributed by atoms with E-state index in [1.165, 1.54) is 18.5 Å². The third kappa shape index (κ3) is 3.89. The molecule has 0 spiro atoms. The van der Waals surface area contributed by atoms with Crippen molar-refractivity contribution in [3.63, 3.8) is 0 Å². The molecule has 0 aliphatic heterocycles. The Labute approximate surface area is 95.3 Å². The quantitative estimate of drug-likeness (QED) is 0.549. The Hall–Kier alpha value is -1.71. The van der Waals surface area contributed by atoms with Crippen molar-refractivity contribution in [2.45, 2.75) is 19.7 Å². The molecule has 4 nitrogen and oxygen atoms in total. The second kappa shape index (κ2) is 5.90. The molecule has 1 rings (SSSR count). The number of ether oxygens (including phenoxy) is 1. The maximum atomic E-state index is 11.7. The molecule has 80 valence electrons. The van der Waals surface area contributed by atoms with Gasteiger partial charge in [-0.05, 0) is 19.0 Å². The molecule has 0 fully saturated rings. The first-order valence-corrected chi connectivity index (χ1v) is 4.28. The van der Waals surface area contributed by atoms with Crippen molar-refractivity contribution in [3.05, 3.63) is 30.1 Å². The number of nitrogens with zero attached hydrogens (tertiary/aromatic N) is 1. The Kier molecular flexibility index (Phi) is 2.36. The molecule has 0 aromatic carbocycles. The van der Waals surface area contributed by atoms with Gasteiger partial charge < -0.3 is 4.74 Å². The standard InChI is InChI=1S/C11H13NO3/c1-2-15-11(14)6-5-10(13)9-4-3-7-12-8-9/h3-4,7-8H,2,5-6H2,1H3/i1D3,2D2. The van der Waals surface area contributed by atoms with Crippen molar-refractivity contribution in [3.8, 4) is 0 Å². The highest BCUT2D eigenvalue weighted by atomic mass is 16.5. The zero-order chi connectivity index (χ0) is 15.4. The molecular weight excluding hydrogens is 194 g/mol. The highest BCUT2D eigenvalue weighted by Gasteiger charge is 2.09. The summed E-state index contributed by atoms with van der Waals surface area (Å²) in [7, 11) is 0. The fourth-order valence-corrected chi connectivity index (χ4v) is 0.996. The number of hydrogen-bond acceptors (Lipinski definition) is 4. The lowest BCUT2D eigenvalue weighted by Crippen LogP contribution is -2.08. The van der Waals surface area contributed by atoms with Crippen LogP contribution in [0.15, 0.2) is 24.5 Å². The molecule has 1 aromatic rings. The number of esters is 1. The monoisotopic (exact) mass is 212 g/mol. The van der Waals surface area contributed by atoms with Crippen LogP contribution in [0.4, 0.5) is 0 Å². The average molecular weight is 212 g/mol. The van der Waals surface area contributed by atoms with Crippen LogP contribution in [0.3, 0.4) is 0 Å². The van der Waals surface area contributed by atoms with E-state index in [4.69, 9.17) is 6.85 Å². The van der Waals surface area contributed by atoms with Gasteiger partial charge in [-0.1, -0.05) is 0 Å². The Morgan fingerprint density at radius 1 is 1.60 bits per heavy atom. The maximum absolute atomic E-state index is 11.7. The number of aromatic nitrogens is 1. The van der Waals surface area contributed by atoms with Crippen LogP contribution in [0.2, 0.25) is 0 Å². The van der Waals surface area contributed by atoms with Gasteiger partial charge in [-0.3, -0.25) is 14.6 Å². The van der Waals surface area contributed by atoms with Gasteiger partial charge in [0.1, 0.15) is 0 Å². The topological polar surface area (TPSA) is 56.3 Å². The Morgan fingerprint density at radius 2 is 2.47 bits per heavy atom. The Balaban J connectivity index is 2.51. The molecule has 0 radical (unpaired) electrons.